The second kappa shape index (κ2) is 6.43. The fraction of sp³-hybridized carbons (Fsp3) is 0.348. The van der Waals surface area contributed by atoms with Gasteiger partial charge in [0.05, 0.1) is 29.6 Å². The SMILES string of the molecule is CCc1ccc(-c2ccc(Cl)cc2F)cc1C1=C(O)[C@H]2[C@@H](C1=O)[C@@H]1CC[C@H]2O1. The molecule has 1 aliphatic carbocycles. The third-order valence-electron chi connectivity index (χ3n) is 6.40. The fourth-order valence-corrected chi connectivity index (χ4v) is 5.26. The molecule has 0 amide bonds. The summed E-state index contributed by atoms with van der Waals surface area (Å²) < 4.78 is 20.3. The van der Waals surface area contributed by atoms with Crippen molar-refractivity contribution in [2.24, 2.45) is 11.8 Å². The fourth-order valence-electron chi connectivity index (χ4n) is 5.10. The quantitative estimate of drug-likeness (QED) is 0.757. The minimum atomic E-state index is -0.415. The van der Waals surface area contributed by atoms with Crippen molar-refractivity contribution in [2.75, 3.05) is 0 Å². The van der Waals surface area contributed by atoms with Crippen LogP contribution in [0.5, 0.6) is 0 Å². The van der Waals surface area contributed by atoms with Gasteiger partial charge in [-0.25, -0.2) is 4.39 Å². The van der Waals surface area contributed by atoms with Gasteiger partial charge in [-0.15, -0.1) is 0 Å². The second-order valence-electron chi connectivity index (χ2n) is 7.82. The zero-order chi connectivity index (χ0) is 19.6. The van der Waals surface area contributed by atoms with Crippen LogP contribution in [-0.2, 0) is 16.0 Å². The number of aryl methyl sites for hydroxylation is 1. The summed E-state index contributed by atoms with van der Waals surface area (Å²) in [6.07, 6.45) is 2.30. The molecule has 2 saturated heterocycles. The molecule has 3 aliphatic rings. The number of carbonyl (C=O) groups is 1. The van der Waals surface area contributed by atoms with Gasteiger partial charge in [0.1, 0.15) is 11.6 Å². The van der Waals surface area contributed by atoms with Crippen LogP contribution in [0.15, 0.2) is 42.2 Å². The number of Topliss-reactive ketones (excluding diaryl/α,β-unsaturated/α-hetero) is 1. The Morgan fingerprint density at radius 3 is 2.54 bits per heavy atom. The predicted molar refractivity (Wildman–Crippen MR) is 106 cm³/mol. The number of fused-ring (bicyclic) bond motifs is 5. The Labute approximate surface area is 167 Å². The van der Waals surface area contributed by atoms with Crippen LogP contribution in [0.3, 0.4) is 0 Å². The van der Waals surface area contributed by atoms with Crippen molar-refractivity contribution in [3.8, 4) is 11.1 Å². The lowest BCUT2D eigenvalue weighted by Crippen LogP contribution is -2.29. The van der Waals surface area contributed by atoms with E-state index in [-0.39, 0.29) is 35.6 Å². The van der Waals surface area contributed by atoms with E-state index in [1.807, 2.05) is 25.1 Å². The first-order chi connectivity index (χ1) is 13.5. The van der Waals surface area contributed by atoms with Crippen LogP contribution in [0, 0.1) is 17.7 Å². The summed E-state index contributed by atoms with van der Waals surface area (Å²) in [4.78, 5) is 13.2. The number of ether oxygens (including phenoxy) is 1. The minimum Gasteiger partial charge on any atom is -0.511 e. The van der Waals surface area contributed by atoms with Gasteiger partial charge in [0.2, 0.25) is 0 Å². The molecule has 0 aromatic heterocycles. The van der Waals surface area contributed by atoms with E-state index in [2.05, 4.69) is 0 Å². The molecule has 2 fully saturated rings. The number of hydrogen-bond acceptors (Lipinski definition) is 3. The number of hydrogen-bond donors (Lipinski definition) is 1. The summed E-state index contributed by atoms with van der Waals surface area (Å²) in [6, 6.07) is 10.1. The van der Waals surface area contributed by atoms with Gasteiger partial charge >= 0.3 is 0 Å². The molecule has 2 aromatic rings. The minimum absolute atomic E-state index is 0.0434. The van der Waals surface area contributed by atoms with Gasteiger partial charge in [0, 0.05) is 10.6 Å². The average molecular weight is 399 g/mol. The van der Waals surface area contributed by atoms with Gasteiger partial charge in [-0.05, 0) is 60.2 Å². The topological polar surface area (TPSA) is 46.5 Å². The molecule has 0 spiro atoms. The van der Waals surface area contributed by atoms with Gasteiger partial charge in [0.15, 0.2) is 5.78 Å². The van der Waals surface area contributed by atoms with Crippen molar-refractivity contribution in [2.45, 2.75) is 38.4 Å². The zero-order valence-corrected chi connectivity index (χ0v) is 16.2. The summed E-state index contributed by atoms with van der Waals surface area (Å²) in [6.45, 7) is 2.01. The van der Waals surface area contributed by atoms with Crippen LogP contribution in [0.1, 0.15) is 30.9 Å². The molecule has 2 bridgehead atoms. The highest BCUT2D eigenvalue weighted by atomic mass is 35.5. The third-order valence-corrected chi connectivity index (χ3v) is 6.63. The highest BCUT2D eigenvalue weighted by Crippen LogP contribution is 2.54. The summed E-state index contributed by atoms with van der Waals surface area (Å²) in [5, 5.41) is 11.3. The molecule has 2 heterocycles. The Kier molecular flexibility index (Phi) is 4.11. The molecular formula is C23H20ClFO3. The van der Waals surface area contributed by atoms with Crippen LogP contribution in [0.25, 0.3) is 16.7 Å². The van der Waals surface area contributed by atoms with E-state index in [1.54, 1.807) is 12.1 Å². The first-order valence-electron chi connectivity index (χ1n) is 9.71. The Bertz CT molecular complexity index is 1030. The van der Waals surface area contributed by atoms with E-state index in [4.69, 9.17) is 16.3 Å². The van der Waals surface area contributed by atoms with E-state index in [0.29, 0.717) is 33.7 Å². The van der Waals surface area contributed by atoms with E-state index in [9.17, 15) is 14.3 Å². The number of carbonyl (C=O) groups excluding carboxylic acids is 1. The summed E-state index contributed by atoms with van der Waals surface area (Å²) in [5.74, 6) is -0.832. The number of aliphatic hydroxyl groups excluding tert-OH is 1. The lowest BCUT2D eigenvalue weighted by Gasteiger charge is -2.19. The lowest BCUT2D eigenvalue weighted by molar-refractivity contribution is -0.118. The third kappa shape index (κ3) is 2.48. The normalized spacial score (nSPS) is 28.3. The smallest absolute Gasteiger partial charge is 0.173 e. The summed E-state index contributed by atoms with van der Waals surface area (Å²) in [7, 11) is 0. The molecule has 0 radical (unpaired) electrons. The number of halogens is 2. The molecule has 2 aliphatic heterocycles. The second-order valence-corrected chi connectivity index (χ2v) is 8.25. The zero-order valence-electron chi connectivity index (χ0n) is 15.4. The Balaban J connectivity index is 1.64. The van der Waals surface area contributed by atoms with Crippen LogP contribution in [0.4, 0.5) is 4.39 Å². The first-order valence-corrected chi connectivity index (χ1v) is 10.1. The largest absolute Gasteiger partial charge is 0.511 e. The van der Waals surface area contributed by atoms with Crippen molar-refractivity contribution in [1.82, 2.24) is 0 Å². The summed E-state index contributed by atoms with van der Waals surface area (Å²) in [5.41, 5.74) is 3.13. The predicted octanol–water partition coefficient (Wildman–Crippen LogP) is 5.35. The van der Waals surface area contributed by atoms with Crippen molar-refractivity contribution in [3.63, 3.8) is 0 Å². The molecule has 5 heteroatoms. The molecule has 5 rings (SSSR count). The molecule has 1 N–H and O–H groups in total. The maximum absolute atomic E-state index is 14.5. The molecule has 0 saturated carbocycles. The molecule has 28 heavy (non-hydrogen) atoms. The Morgan fingerprint density at radius 2 is 1.86 bits per heavy atom. The standard InChI is InChI=1S/C23H20ClFO3/c1-2-11-3-4-12(14-6-5-13(24)10-16(14)25)9-15(11)19-22(26)20-17-7-8-18(28-17)21(20)23(19)27/h3-6,9-10,17-18,20-21,26H,2,7-8H2,1H3/t17-,18+,20-,21+/m1/s1. The molecule has 0 unspecified atom stereocenters. The van der Waals surface area contributed by atoms with Gasteiger partial charge in [0.25, 0.3) is 0 Å². The maximum Gasteiger partial charge on any atom is 0.173 e. The van der Waals surface area contributed by atoms with Crippen molar-refractivity contribution < 1.29 is 19.0 Å². The van der Waals surface area contributed by atoms with E-state index >= 15 is 0 Å². The van der Waals surface area contributed by atoms with Gasteiger partial charge in [-0.3, -0.25) is 4.79 Å². The van der Waals surface area contributed by atoms with E-state index in [0.717, 1.165) is 18.4 Å². The van der Waals surface area contributed by atoms with Crippen molar-refractivity contribution in [1.29, 1.82) is 0 Å². The number of allylic oxidation sites excluding steroid dienone is 1. The van der Waals surface area contributed by atoms with Crippen LogP contribution < -0.4 is 0 Å². The first kappa shape index (κ1) is 17.9. The molecular weight excluding hydrogens is 379 g/mol. The van der Waals surface area contributed by atoms with Gasteiger partial charge in [-0.2, -0.15) is 0 Å². The molecule has 3 nitrogen and oxygen atoms in total. The van der Waals surface area contributed by atoms with Crippen molar-refractivity contribution in [3.05, 3.63) is 64.1 Å². The molecule has 4 atom stereocenters. The Morgan fingerprint density at radius 1 is 1.11 bits per heavy atom. The van der Waals surface area contributed by atoms with Crippen LogP contribution in [-0.4, -0.2) is 23.1 Å². The molecule has 144 valence electrons. The highest BCUT2D eigenvalue weighted by Gasteiger charge is 2.59. The number of aliphatic hydroxyl groups is 1. The van der Waals surface area contributed by atoms with Crippen LogP contribution in [0.2, 0.25) is 5.02 Å². The maximum atomic E-state index is 14.5. The number of benzene rings is 2. The molecule has 2 aromatic carbocycles. The highest BCUT2D eigenvalue weighted by molar-refractivity contribution is 6.30. The van der Waals surface area contributed by atoms with E-state index in [1.165, 1.54) is 6.07 Å². The van der Waals surface area contributed by atoms with Gasteiger partial charge < -0.3 is 9.84 Å². The lowest BCUT2D eigenvalue weighted by atomic mass is 9.80. The number of rotatable bonds is 3. The summed E-state index contributed by atoms with van der Waals surface area (Å²) >= 11 is 5.88. The number of ketones is 1. The van der Waals surface area contributed by atoms with Gasteiger partial charge in [-0.1, -0.05) is 30.7 Å². The van der Waals surface area contributed by atoms with E-state index < -0.39 is 5.82 Å². The monoisotopic (exact) mass is 398 g/mol. The van der Waals surface area contributed by atoms with Crippen molar-refractivity contribution >= 4 is 23.0 Å². The Hall–Kier alpha value is -2.17. The van der Waals surface area contributed by atoms with Crippen LogP contribution >= 0.6 is 11.6 Å². The average Bonchev–Trinajstić information content (AvgIpc) is 3.35.